The first-order valence-corrected chi connectivity index (χ1v) is 13.1. The van der Waals surface area contributed by atoms with Gasteiger partial charge in [-0.1, -0.05) is 112 Å². The summed E-state index contributed by atoms with van der Waals surface area (Å²) in [4.78, 5) is 0. The Morgan fingerprint density at radius 2 is 1.17 bits per heavy atom. The fourth-order valence-electron chi connectivity index (χ4n) is 3.30. The standard InChI is InChI=1S/C21H35.ClH.Mg/c1-3-4-5-6-7-8-9-10-11-12-13-14-18-21-19-16-15-17-20(21)2;;/h15-17,19H,2-14,18H2,1H3;1H;/q;;+1/p-1. The minimum absolute atomic E-state index is 0.386. The first-order chi connectivity index (χ1) is 11.4. The molecule has 0 aromatic heterocycles. The monoisotopic (exact) mass is 346 g/mol. The van der Waals surface area contributed by atoms with Crippen LogP contribution in [0.15, 0.2) is 24.3 Å². The number of unbranched alkanes of at least 4 members (excludes halogenated alkanes) is 11. The van der Waals surface area contributed by atoms with Crippen LogP contribution >= 0.6 is 9.07 Å². The van der Waals surface area contributed by atoms with Crippen molar-refractivity contribution >= 4 is 28.3 Å². The Balaban J connectivity index is 1.94. The largest absolute Gasteiger partial charge is 0.505 e. The summed E-state index contributed by atoms with van der Waals surface area (Å²) in [5, 5.41) is 0. The van der Waals surface area contributed by atoms with Crippen LogP contribution in [0.25, 0.3) is 0 Å². The molecule has 23 heavy (non-hydrogen) atoms. The SMILES string of the molecule is CCCCCCCCCCCCCCc1ccccc1[CH2][Mg][Cl]. The van der Waals surface area contributed by atoms with Crippen LogP contribution in [0.1, 0.15) is 95.1 Å². The second kappa shape index (κ2) is 15.8. The Kier molecular flexibility index (Phi) is 14.6. The Morgan fingerprint density at radius 1 is 0.696 bits per heavy atom. The lowest BCUT2D eigenvalue weighted by Gasteiger charge is -2.08. The van der Waals surface area contributed by atoms with Gasteiger partial charge in [-0.3, -0.25) is 0 Å². The molecule has 0 heterocycles. The Hall–Kier alpha value is 0.276. The molecular weight excluding hydrogens is 312 g/mol. The molecule has 0 aliphatic carbocycles. The van der Waals surface area contributed by atoms with E-state index in [2.05, 4.69) is 31.2 Å². The number of rotatable bonds is 15. The third kappa shape index (κ3) is 11.5. The molecule has 0 atom stereocenters. The van der Waals surface area contributed by atoms with Crippen molar-refractivity contribution in [1.29, 1.82) is 0 Å². The van der Waals surface area contributed by atoms with Gasteiger partial charge in [0.05, 0.1) is 0 Å². The number of hydrogen-bond acceptors (Lipinski definition) is 0. The van der Waals surface area contributed by atoms with Gasteiger partial charge in [0, 0.05) is 0 Å². The van der Waals surface area contributed by atoms with Crippen LogP contribution in [-0.2, 0) is 11.0 Å². The van der Waals surface area contributed by atoms with Gasteiger partial charge in [0.2, 0.25) is 0 Å². The average Bonchev–Trinajstić information content (AvgIpc) is 2.57. The van der Waals surface area contributed by atoms with E-state index >= 15 is 0 Å². The van der Waals surface area contributed by atoms with Crippen molar-refractivity contribution in [2.24, 2.45) is 0 Å². The smallest absolute Gasteiger partial charge is 0.345 e. The summed E-state index contributed by atoms with van der Waals surface area (Å²) in [5.74, 6) is 0. The molecule has 1 rings (SSSR count). The summed E-state index contributed by atoms with van der Waals surface area (Å²) in [7, 11) is 6.03. The second-order valence-electron chi connectivity index (χ2n) is 6.85. The van der Waals surface area contributed by atoms with Crippen LogP contribution in [0.2, 0.25) is 0 Å². The molecule has 0 saturated carbocycles. The molecule has 0 N–H and O–H groups in total. The molecule has 0 radical (unpaired) electrons. The van der Waals surface area contributed by atoms with Gasteiger partial charge in [-0.05, 0) is 18.4 Å². The van der Waals surface area contributed by atoms with Gasteiger partial charge >= 0.3 is 19.3 Å². The molecule has 0 amide bonds. The molecule has 0 unspecified atom stereocenters. The molecule has 0 nitrogen and oxygen atoms in total. The van der Waals surface area contributed by atoms with Crippen LogP contribution in [0, 0.1) is 0 Å². The normalized spacial score (nSPS) is 10.7. The van der Waals surface area contributed by atoms with E-state index < -0.39 is 0 Å². The minimum Gasteiger partial charge on any atom is -0.345 e. The lowest BCUT2D eigenvalue weighted by Crippen LogP contribution is -1.97. The Bertz CT molecular complexity index is 378. The van der Waals surface area contributed by atoms with Gasteiger partial charge in [0.1, 0.15) is 0 Å². The van der Waals surface area contributed by atoms with Gasteiger partial charge in [-0.15, -0.1) is 0 Å². The summed E-state index contributed by atoms with van der Waals surface area (Å²) < 4.78 is 1.15. The number of hydrogen-bond donors (Lipinski definition) is 0. The van der Waals surface area contributed by atoms with Crippen molar-refractivity contribution in [3.63, 3.8) is 0 Å². The van der Waals surface area contributed by atoms with E-state index in [1.54, 1.807) is 5.56 Å². The number of aryl methyl sites for hydroxylation is 1. The van der Waals surface area contributed by atoms with Gasteiger partial charge in [0.15, 0.2) is 0 Å². The van der Waals surface area contributed by atoms with Crippen LogP contribution in [-0.4, -0.2) is 19.3 Å². The van der Waals surface area contributed by atoms with Crippen molar-refractivity contribution in [1.82, 2.24) is 0 Å². The van der Waals surface area contributed by atoms with Crippen LogP contribution < -0.4 is 0 Å². The van der Waals surface area contributed by atoms with Crippen molar-refractivity contribution in [3.05, 3.63) is 35.4 Å². The molecule has 0 fully saturated rings. The van der Waals surface area contributed by atoms with Crippen molar-refractivity contribution < 1.29 is 0 Å². The molecular formula is C21H35ClMg. The zero-order chi connectivity index (χ0) is 16.6. The third-order valence-electron chi connectivity index (χ3n) is 4.78. The van der Waals surface area contributed by atoms with Crippen LogP contribution in [0.5, 0.6) is 0 Å². The van der Waals surface area contributed by atoms with E-state index in [1.807, 2.05) is 0 Å². The summed E-state index contributed by atoms with van der Waals surface area (Å²) in [6, 6.07) is 8.90. The van der Waals surface area contributed by atoms with E-state index in [4.69, 9.17) is 9.07 Å². The summed E-state index contributed by atoms with van der Waals surface area (Å²) in [6.07, 6.45) is 18.3. The highest BCUT2D eigenvalue weighted by atomic mass is 35.5. The fourth-order valence-corrected chi connectivity index (χ4v) is 4.61. The molecule has 0 aliphatic heterocycles. The maximum atomic E-state index is 6.03. The third-order valence-corrected chi connectivity index (χ3v) is 6.08. The van der Waals surface area contributed by atoms with Gasteiger partial charge in [-0.25, -0.2) is 0 Å². The van der Waals surface area contributed by atoms with Crippen molar-refractivity contribution in [2.45, 2.75) is 94.9 Å². The van der Waals surface area contributed by atoms with Gasteiger partial charge in [-0.2, -0.15) is 0 Å². The maximum absolute atomic E-state index is 6.03. The van der Waals surface area contributed by atoms with Crippen molar-refractivity contribution in [3.8, 4) is 0 Å². The number of benzene rings is 1. The van der Waals surface area contributed by atoms with Gasteiger partial charge < -0.3 is 9.07 Å². The Morgan fingerprint density at radius 3 is 1.70 bits per heavy atom. The van der Waals surface area contributed by atoms with E-state index in [0.29, 0.717) is 0 Å². The average molecular weight is 347 g/mol. The van der Waals surface area contributed by atoms with E-state index in [-0.39, 0.29) is 19.3 Å². The zero-order valence-corrected chi connectivity index (χ0v) is 17.5. The lowest BCUT2D eigenvalue weighted by atomic mass is 10.0. The number of halogens is 1. The predicted octanol–water partition coefficient (Wildman–Crippen LogP) is 7.29. The molecule has 2 heteroatoms. The molecule has 0 aliphatic rings. The molecule has 1 aromatic carbocycles. The summed E-state index contributed by atoms with van der Waals surface area (Å²) >= 11 is -0.386. The molecule has 1 aromatic rings. The highest BCUT2D eigenvalue weighted by Gasteiger charge is 2.02. The summed E-state index contributed by atoms with van der Waals surface area (Å²) in [5.41, 5.74) is 3.06. The predicted molar refractivity (Wildman–Crippen MR) is 107 cm³/mol. The van der Waals surface area contributed by atoms with E-state index in [1.165, 1.54) is 89.0 Å². The molecule has 0 saturated heterocycles. The minimum atomic E-state index is -0.386. The second-order valence-corrected chi connectivity index (χ2v) is 8.86. The molecule has 0 bridgehead atoms. The first kappa shape index (κ1) is 21.3. The quantitative estimate of drug-likeness (QED) is 0.231. The van der Waals surface area contributed by atoms with Crippen molar-refractivity contribution in [2.75, 3.05) is 0 Å². The van der Waals surface area contributed by atoms with E-state index in [9.17, 15) is 0 Å². The summed E-state index contributed by atoms with van der Waals surface area (Å²) in [6.45, 7) is 2.29. The molecule has 128 valence electrons. The van der Waals surface area contributed by atoms with Gasteiger partial charge in [0.25, 0.3) is 0 Å². The maximum Gasteiger partial charge on any atom is 0.505 e. The van der Waals surface area contributed by atoms with Crippen LogP contribution in [0.4, 0.5) is 0 Å². The lowest BCUT2D eigenvalue weighted by molar-refractivity contribution is 0.544. The molecule has 0 spiro atoms. The Labute approximate surface area is 158 Å². The zero-order valence-electron chi connectivity index (χ0n) is 15.3. The van der Waals surface area contributed by atoms with Crippen LogP contribution in [0.3, 0.4) is 0 Å². The topological polar surface area (TPSA) is 0 Å². The highest BCUT2D eigenvalue weighted by molar-refractivity contribution is 6.93. The fraction of sp³-hybridized carbons (Fsp3) is 0.714. The highest BCUT2D eigenvalue weighted by Crippen LogP contribution is 2.15. The van der Waals surface area contributed by atoms with E-state index in [0.717, 1.165) is 4.55 Å². The first-order valence-electron chi connectivity index (χ1n) is 10.0.